The SMILES string of the molecule is CCNC(CCN(C)CC(C)(C)C)c1ccc(Br)cc1Cl. The van der Waals surface area contributed by atoms with Crippen molar-refractivity contribution in [3.8, 4) is 0 Å². The molecule has 0 saturated carbocycles. The fourth-order valence-corrected chi connectivity index (χ4v) is 3.44. The fraction of sp³-hybridized carbons (Fsp3) is 0.647. The third-order valence-corrected chi connectivity index (χ3v) is 4.15. The van der Waals surface area contributed by atoms with E-state index in [2.05, 4.69) is 73.0 Å². The minimum Gasteiger partial charge on any atom is -0.310 e. The van der Waals surface area contributed by atoms with Gasteiger partial charge in [-0.1, -0.05) is 61.3 Å². The zero-order valence-electron chi connectivity index (χ0n) is 13.8. The van der Waals surface area contributed by atoms with Crippen LogP contribution in [0.25, 0.3) is 0 Å². The Kier molecular flexibility index (Phi) is 7.69. The zero-order chi connectivity index (χ0) is 16.0. The van der Waals surface area contributed by atoms with E-state index in [1.807, 2.05) is 6.07 Å². The molecule has 1 atom stereocenters. The predicted molar refractivity (Wildman–Crippen MR) is 97.1 cm³/mol. The quantitative estimate of drug-likeness (QED) is 0.711. The van der Waals surface area contributed by atoms with Gasteiger partial charge in [-0.2, -0.15) is 0 Å². The summed E-state index contributed by atoms with van der Waals surface area (Å²) in [5.41, 5.74) is 1.52. The fourth-order valence-electron chi connectivity index (χ4n) is 2.64. The van der Waals surface area contributed by atoms with Crippen molar-refractivity contribution in [1.82, 2.24) is 10.2 Å². The van der Waals surface area contributed by atoms with Crippen molar-refractivity contribution >= 4 is 27.5 Å². The van der Waals surface area contributed by atoms with Gasteiger partial charge in [0, 0.05) is 22.1 Å². The smallest absolute Gasteiger partial charge is 0.0465 e. The summed E-state index contributed by atoms with van der Waals surface area (Å²) in [4.78, 5) is 2.40. The van der Waals surface area contributed by atoms with E-state index in [0.717, 1.165) is 35.6 Å². The summed E-state index contributed by atoms with van der Waals surface area (Å²) in [6, 6.07) is 6.45. The van der Waals surface area contributed by atoms with Gasteiger partial charge in [-0.05, 0) is 49.7 Å². The van der Waals surface area contributed by atoms with Crippen LogP contribution < -0.4 is 5.32 Å². The van der Waals surface area contributed by atoms with E-state index in [-0.39, 0.29) is 0 Å². The summed E-state index contributed by atoms with van der Waals surface area (Å²) in [5.74, 6) is 0. The van der Waals surface area contributed by atoms with Crippen molar-refractivity contribution in [3.63, 3.8) is 0 Å². The molecule has 0 spiro atoms. The Balaban J connectivity index is 2.69. The number of halogens is 2. The first-order valence-electron chi connectivity index (χ1n) is 7.60. The Hall–Kier alpha value is -0.0900. The third kappa shape index (κ3) is 7.14. The first-order chi connectivity index (χ1) is 9.73. The van der Waals surface area contributed by atoms with Crippen molar-refractivity contribution in [2.45, 2.75) is 40.2 Å². The van der Waals surface area contributed by atoms with E-state index in [1.54, 1.807) is 0 Å². The Labute approximate surface area is 143 Å². The van der Waals surface area contributed by atoms with Gasteiger partial charge in [-0.25, -0.2) is 0 Å². The lowest BCUT2D eigenvalue weighted by atomic mass is 9.96. The molecule has 1 unspecified atom stereocenters. The van der Waals surface area contributed by atoms with Crippen molar-refractivity contribution in [2.75, 3.05) is 26.7 Å². The van der Waals surface area contributed by atoms with E-state index in [0.29, 0.717) is 11.5 Å². The van der Waals surface area contributed by atoms with E-state index in [4.69, 9.17) is 11.6 Å². The molecule has 21 heavy (non-hydrogen) atoms. The molecule has 1 aromatic rings. The van der Waals surface area contributed by atoms with Gasteiger partial charge < -0.3 is 10.2 Å². The van der Waals surface area contributed by atoms with Gasteiger partial charge in [-0.15, -0.1) is 0 Å². The minimum absolute atomic E-state index is 0.304. The van der Waals surface area contributed by atoms with Crippen molar-refractivity contribution < 1.29 is 0 Å². The Morgan fingerprint density at radius 1 is 1.33 bits per heavy atom. The molecular weight excluding hydrogens is 348 g/mol. The van der Waals surface area contributed by atoms with Gasteiger partial charge in [0.1, 0.15) is 0 Å². The maximum absolute atomic E-state index is 6.40. The second kappa shape index (κ2) is 8.52. The molecule has 4 heteroatoms. The first kappa shape index (κ1) is 19.0. The lowest BCUT2D eigenvalue weighted by Gasteiger charge is -2.28. The second-order valence-electron chi connectivity index (χ2n) is 6.86. The standard InChI is InChI=1S/C17H28BrClN2/c1-6-20-16(9-10-21(5)12-17(2,3)4)14-8-7-13(18)11-15(14)19/h7-8,11,16,20H,6,9-10,12H2,1-5H3. The topological polar surface area (TPSA) is 15.3 Å². The predicted octanol–water partition coefficient (Wildman–Crippen LogP) is 5.12. The summed E-state index contributed by atoms with van der Waals surface area (Å²) in [7, 11) is 2.19. The van der Waals surface area contributed by atoms with Crippen LogP contribution in [0.5, 0.6) is 0 Å². The lowest BCUT2D eigenvalue weighted by molar-refractivity contribution is 0.218. The molecule has 0 aliphatic carbocycles. The highest BCUT2D eigenvalue weighted by atomic mass is 79.9. The number of nitrogens with one attached hydrogen (secondary N) is 1. The molecular formula is C17H28BrClN2. The van der Waals surface area contributed by atoms with Gasteiger partial charge in [0.25, 0.3) is 0 Å². The van der Waals surface area contributed by atoms with E-state index < -0.39 is 0 Å². The van der Waals surface area contributed by atoms with Gasteiger partial charge in [0.15, 0.2) is 0 Å². The van der Waals surface area contributed by atoms with Crippen LogP contribution in [0, 0.1) is 5.41 Å². The summed E-state index contributed by atoms with van der Waals surface area (Å²) in [6.45, 7) is 12.1. The van der Waals surface area contributed by atoms with Crippen molar-refractivity contribution in [3.05, 3.63) is 33.3 Å². The first-order valence-corrected chi connectivity index (χ1v) is 8.77. The van der Waals surface area contributed by atoms with Crippen LogP contribution in [-0.4, -0.2) is 31.6 Å². The lowest BCUT2D eigenvalue weighted by Crippen LogP contribution is -2.32. The molecule has 0 aliphatic heterocycles. The van der Waals surface area contributed by atoms with Gasteiger partial charge in [0.2, 0.25) is 0 Å². The number of hydrogen-bond acceptors (Lipinski definition) is 2. The zero-order valence-corrected chi connectivity index (χ0v) is 16.2. The molecule has 1 aromatic carbocycles. The maximum Gasteiger partial charge on any atom is 0.0465 e. The van der Waals surface area contributed by atoms with Gasteiger partial charge in [0.05, 0.1) is 0 Å². The van der Waals surface area contributed by atoms with Crippen LogP contribution in [0.2, 0.25) is 5.02 Å². The number of benzene rings is 1. The van der Waals surface area contributed by atoms with Gasteiger partial charge in [-0.3, -0.25) is 0 Å². The van der Waals surface area contributed by atoms with Crippen LogP contribution in [0.3, 0.4) is 0 Å². The summed E-state index contributed by atoms with van der Waals surface area (Å²) >= 11 is 9.86. The molecule has 1 rings (SSSR count). The van der Waals surface area contributed by atoms with Crippen molar-refractivity contribution in [1.29, 1.82) is 0 Å². The van der Waals surface area contributed by atoms with Crippen LogP contribution in [-0.2, 0) is 0 Å². The Bertz CT molecular complexity index is 443. The molecule has 0 bridgehead atoms. The highest BCUT2D eigenvalue weighted by molar-refractivity contribution is 9.10. The molecule has 120 valence electrons. The van der Waals surface area contributed by atoms with Crippen LogP contribution in [0.15, 0.2) is 22.7 Å². The molecule has 0 amide bonds. The monoisotopic (exact) mass is 374 g/mol. The largest absolute Gasteiger partial charge is 0.310 e. The molecule has 0 fully saturated rings. The number of rotatable bonds is 7. The van der Waals surface area contributed by atoms with Crippen LogP contribution >= 0.6 is 27.5 Å². The summed E-state index contributed by atoms with van der Waals surface area (Å²) in [5, 5.41) is 4.38. The molecule has 0 heterocycles. The summed E-state index contributed by atoms with van der Waals surface area (Å²) in [6.07, 6.45) is 1.06. The minimum atomic E-state index is 0.304. The molecule has 1 N–H and O–H groups in total. The molecule has 0 radical (unpaired) electrons. The normalized spacial score (nSPS) is 13.7. The maximum atomic E-state index is 6.40. The Morgan fingerprint density at radius 3 is 2.52 bits per heavy atom. The third-order valence-electron chi connectivity index (χ3n) is 3.33. The van der Waals surface area contributed by atoms with E-state index in [9.17, 15) is 0 Å². The number of nitrogens with zero attached hydrogens (tertiary/aromatic N) is 1. The van der Waals surface area contributed by atoms with Crippen molar-refractivity contribution in [2.24, 2.45) is 5.41 Å². The highest BCUT2D eigenvalue weighted by Crippen LogP contribution is 2.28. The molecule has 2 nitrogen and oxygen atoms in total. The van der Waals surface area contributed by atoms with Crippen LogP contribution in [0.4, 0.5) is 0 Å². The molecule has 0 saturated heterocycles. The van der Waals surface area contributed by atoms with E-state index in [1.165, 1.54) is 5.56 Å². The van der Waals surface area contributed by atoms with E-state index >= 15 is 0 Å². The average Bonchev–Trinajstić information content (AvgIpc) is 2.33. The summed E-state index contributed by atoms with van der Waals surface area (Å²) < 4.78 is 1.02. The van der Waals surface area contributed by atoms with Crippen LogP contribution in [0.1, 0.15) is 45.7 Å². The number of hydrogen-bond donors (Lipinski definition) is 1. The highest BCUT2D eigenvalue weighted by Gasteiger charge is 2.17. The average molecular weight is 376 g/mol. The van der Waals surface area contributed by atoms with Gasteiger partial charge >= 0.3 is 0 Å². The second-order valence-corrected chi connectivity index (χ2v) is 8.19. The molecule has 0 aliphatic rings. The Morgan fingerprint density at radius 2 is 2.00 bits per heavy atom. The molecule has 0 aromatic heterocycles.